The molecule has 0 bridgehead atoms. The van der Waals surface area contributed by atoms with E-state index in [0.717, 1.165) is 6.07 Å². The quantitative estimate of drug-likeness (QED) is 0.581. The van der Waals surface area contributed by atoms with Crippen LogP contribution < -0.4 is 16.0 Å². The van der Waals surface area contributed by atoms with Gasteiger partial charge in [0, 0.05) is 30.6 Å². The summed E-state index contributed by atoms with van der Waals surface area (Å²) in [6.07, 6.45) is 0. The second-order valence-corrected chi connectivity index (χ2v) is 5.07. The van der Waals surface area contributed by atoms with E-state index in [-0.39, 0.29) is 16.3 Å². The van der Waals surface area contributed by atoms with Crippen molar-refractivity contribution in [1.29, 1.82) is 0 Å². The molecule has 124 valence electrons. The lowest BCUT2D eigenvalue weighted by Gasteiger charge is -2.09. The van der Waals surface area contributed by atoms with Gasteiger partial charge in [0.1, 0.15) is 0 Å². The fourth-order valence-corrected chi connectivity index (χ4v) is 2.13. The van der Waals surface area contributed by atoms with Gasteiger partial charge in [-0.05, 0) is 24.3 Å². The zero-order valence-electron chi connectivity index (χ0n) is 12.5. The van der Waals surface area contributed by atoms with Gasteiger partial charge in [-0.3, -0.25) is 14.9 Å². The van der Waals surface area contributed by atoms with E-state index in [9.17, 15) is 19.7 Å². The minimum Gasteiger partial charge on any atom is -0.341 e. The summed E-state index contributed by atoms with van der Waals surface area (Å²) in [7, 11) is 1.48. The number of rotatable bonds is 4. The van der Waals surface area contributed by atoms with E-state index in [1.54, 1.807) is 24.3 Å². The van der Waals surface area contributed by atoms with Crippen molar-refractivity contribution < 1.29 is 14.5 Å². The maximum atomic E-state index is 12.2. The summed E-state index contributed by atoms with van der Waals surface area (Å²) >= 11 is 5.92. The second kappa shape index (κ2) is 7.42. The van der Waals surface area contributed by atoms with Crippen LogP contribution in [0.25, 0.3) is 0 Å². The highest BCUT2D eigenvalue weighted by molar-refractivity contribution is 6.34. The molecule has 0 spiro atoms. The number of hydrogen-bond acceptors (Lipinski definition) is 4. The lowest BCUT2D eigenvalue weighted by molar-refractivity contribution is -0.384. The molecule has 2 aromatic rings. The molecule has 0 radical (unpaired) electrons. The number of amides is 3. The monoisotopic (exact) mass is 348 g/mol. The third-order valence-electron chi connectivity index (χ3n) is 3.01. The fraction of sp³-hybridized carbons (Fsp3) is 0.0667. The third-order valence-corrected chi connectivity index (χ3v) is 3.33. The number of nitrogens with one attached hydrogen (secondary N) is 3. The molecule has 3 amide bonds. The van der Waals surface area contributed by atoms with E-state index in [1.165, 1.54) is 19.2 Å². The second-order valence-electron chi connectivity index (χ2n) is 4.66. The van der Waals surface area contributed by atoms with Gasteiger partial charge in [-0.15, -0.1) is 0 Å². The highest BCUT2D eigenvalue weighted by Crippen LogP contribution is 2.24. The van der Waals surface area contributed by atoms with Gasteiger partial charge in [-0.2, -0.15) is 0 Å². The summed E-state index contributed by atoms with van der Waals surface area (Å²) < 4.78 is 0. The Kier molecular flexibility index (Phi) is 5.33. The number of nitro benzene ring substituents is 1. The van der Waals surface area contributed by atoms with E-state index in [0.29, 0.717) is 11.4 Å². The molecule has 0 aliphatic heterocycles. The van der Waals surface area contributed by atoms with Gasteiger partial charge in [0.2, 0.25) is 0 Å². The van der Waals surface area contributed by atoms with Crippen molar-refractivity contribution in [2.24, 2.45) is 0 Å². The normalized spacial score (nSPS) is 9.92. The number of carbonyl (C=O) groups is 2. The highest BCUT2D eigenvalue weighted by atomic mass is 35.5. The fourth-order valence-electron chi connectivity index (χ4n) is 1.87. The van der Waals surface area contributed by atoms with Crippen LogP contribution in [0.5, 0.6) is 0 Å². The van der Waals surface area contributed by atoms with Crippen molar-refractivity contribution in [2.45, 2.75) is 0 Å². The molecule has 3 N–H and O–H groups in total. The van der Waals surface area contributed by atoms with Gasteiger partial charge < -0.3 is 16.0 Å². The van der Waals surface area contributed by atoms with Crippen molar-refractivity contribution in [2.75, 3.05) is 17.7 Å². The average molecular weight is 349 g/mol. The first-order chi connectivity index (χ1) is 11.4. The summed E-state index contributed by atoms with van der Waals surface area (Å²) in [5.74, 6) is -0.521. The van der Waals surface area contributed by atoms with Crippen molar-refractivity contribution in [3.05, 3.63) is 63.2 Å². The standard InChI is InChI=1S/C15H13ClN4O4/c1-17-15(22)19-10-4-2-3-9(7-10)18-14(21)12-6-5-11(20(23)24)8-13(12)16/h2-8H,1H3,(H,18,21)(H2,17,19,22). The van der Waals surface area contributed by atoms with Crippen LogP contribution in [0, 0.1) is 10.1 Å². The number of benzene rings is 2. The smallest absolute Gasteiger partial charge is 0.318 e. The number of nitrogens with zero attached hydrogens (tertiary/aromatic N) is 1. The predicted octanol–water partition coefficient (Wildman–Crippen LogP) is 3.25. The van der Waals surface area contributed by atoms with Crippen molar-refractivity contribution >= 4 is 40.6 Å². The maximum absolute atomic E-state index is 12.2. The SMILES string of the molecule is CNC(=O)Nc1cccc(NC(=O)c2ccc([N+](=O)[O-])cc2Cl)c1. The van der Waals surface area contributed by atoms with Gasteiger partial charge in [0.25, 0.3) is 11.6 Å². The molecule has 0 atom stereocenters. The average Bonchev–Trinajstić information content (AvgIpc) is 2.54. The Morgan fingerprint density at radius 2 is 1.75 bits per heavy atom. The molecule has 0 fully saturated rings. The van der Waals surface area contributed by atoms with E-state index < -0.39 is 16.9 Å². The Balaban J connectivity index is 2.16. The Morgan fingerprint density at radius 1 is 1.08 bits per heavy atom. The van der Waals surface area contributed by atoms with Crippen molar-refractivity contribution in [1.82, 2.24) is 5.32 Å². The molecule has 0 aliphatic rings. The van der Waals surface area contributed by atoms with Crippen LogP contribution in [0.15, 0.2) is 42.5 Å². The Morgan fingerprint density at radius 3 is 2.33 bits per heavy atom. The van der Waals surface area contributed by atoms with Gasteiger partial charge in [0.05, 0.1) is 15.5 Å². The summed E-state index contributed by atoms with van der Waals surface area (Å²) in [6.45, 7) is 0. The minimum atomic E-state index is -0.596. The molecule has 0 saturated carbocycles. The largest absolute Gasteiger partial charge is 0.341 e. The molecule has 9 heteroatoms. The van der Waals surface area contributed by atoms with Crippen LogP contribution in [0.1, 0.15) is 10.4 Å². The number of non-ortho nitro benzene ring substituents is 1. The van der Waals surface area contributed by atoms with Crippen LogP contribution in [0.3, 0.4) is 0 Å². The number of anilines is 2. The molecule has 0 unspecified atom stereocenters. The molecular formula is C15H13ClN4O4. The van der Waals surface area contributed by atoms with E-state index in [4.69, 9.17) is 11.6 Å². The van der Waals surface area contributed by atoms with Crippen LogP contribution >= 0.6 is 11.6 Å². The first-order valence-corrected chi connectivity index (χ1v) is 7.12. The molecule has 0 aromatic heterocycles. The van der Waals surface area contributed by atoms with Crippen LogP contribution in [0.4, 0.5) is 21.9 Å². The third kappa shape index (κ3) is 4.20. The molecule has 0 heterocycles. The first-order valence-electron chi connectivity index (χ1n) is 6.75. The first kappa shape index (κ1) is 17.2. The molecule has 0 saturated heterocycles. The summed E-state index contributed by atoms with van der Waals surface area (Å²) in [6, 6.07) is 9.70. The highest BCUT2D eigenvalue weighted by Gasteiger charge is 2.15. The number of nitro groups is 1. The number of halogens is 1. The molecule has 24 heavy (non-hydrogen) atoms. The molecule has 2 aromatic carbocycles. The Labute approximate surface area is 142 Å². The Hall–Kier alpha value is -3.13. The van der Waals surface area contributed by atoms with Crippen LogP contribution in [-0.2, 0) is 0 Å². The van der Waals surface area contributed by atoms with Crippen LogP contribution in [0.2, 0.25) is 5.02 Å². The van der Waals surface area contributed by atoms with E-state index in [2.05, 4.69) is 16.0 Å². The van der Waals surface area contributed by atoms with E-state index in [1.807, 2.05) is 0 Å². The number of carbonyl (C=O) groups excluding carboxylic acids is 2. The lowest BCUT2D eigenvalue weighted by atomic mass is 10.2. The minimum absolute atomic E-state index is 0.0265. The topological polar surface area (TPSA) is 113 Å². The molecule has 8 nitrogen and oxygen atoms in total. The van der Waals surface area contributed by atoms with Gasteiger partial charge in [-0.25, -0.2) is 4.79 Å². The van der Waals surface area contributed by atoms with E-state index >= 15 is 0 Å². The van der Waals surface area contributed by atoms with Crippen molar-refractivity contribution in [3.8, 4) is 0 Å². The van der Waals surface area contributed by atoms with Gasteiger partial charge in [0.15, 0.2) is 0 Å². The molecule has 0 aliphatic carbocycles. The zero-order chi connectivity index (χ0) is 17.7. The maximum Gasteiger partial charge on any atom is 0.318 e. The lowest BCUT2D eigenvalue weighted by Crippen LogP contribution is -2.24. The van der Waals surface area contributed by atoms with Gasteiger partial charge >= 0.3 is 6.03 Å². The summed E-state index contributed by atoms with van der Waals surface area (Å²) in [4.78, 5) is 33.6. The zero-order valence-corrected chi connectivity index (χ0v) is 13.3. The summed E-state index contributed by atoms with van der Waals surface area (Å²) in [5, 5.41) is 18.3. The van der Waals surface area contributed by atoms with Crippen molar-refractivity contribution in [3.63, 3.8) is 0 Å². The predicted molar refractivity (Wildman–Crippen MR) is 90.6 cm³/mol. The number of urea groups is 1. The Bertz CT molecular complexity index is 810. The van der Waals surface area contributed by atoms with Gasteiger partial charge in [-0.1, -0.05) is 17.7 Å². The van der Waals surface area contributed by atoms with Crippen LogP contribution in [-0.4, -0.2) is 23.9 Å². The molecule has 2 rings (SSSR count). The summed E-state index contributed by atoms with van der Waals surface area (Å²) in [5.41, 5.74) is 0.825. The number of hydrogen-bond donors (Lipinski definition) is 3. The molecular weight excluding hydrogens is 336 g/mol.